The third-order valence-electron chi connectivity index (χ3n) is 5.30. The third kappa shape index (κ3) is 11.0. The maximum absolute atomic E-state index is 13.6. The molecule has 41 heavy (non-hydrogen) atoms. The van der Waals surface area contributed by atoms with E-state index in [2.05, 4.69) is 17.4 Å². The number of ether oxygens (including phenoxy) is 1. The average Bonchev–Trinajstić information content (AvgIpc) is 3.23. The smallest absolute Gasteiger partial charge is 0.435 e. The Hall–Kier alpha value is -3.04. The summed E-state index contributed by atoms with van der Waals surface area (Å²) in [6, 6.07) is 0.710. The summed E-state index contributed by atoms with van der Waals surface area (Å²) in [6.45, 7) is 9.03. The first-order valence-corrected chi connectivity index (χ1v) is 12.7. The molecular formula is C28H27Cl3F6N2O2. The van der Waals surface area contributed by atoms with Gasteiger partial charge in [-0.05, 0) is 62.3 Å². The molecule has 4 nitrogen and oxygen atoms in total. The van der Waals surface area contributed by atoms with Crippen molar-refractivity contribution in [3.8, 4) is 0 Å². The zero-order valence-corrected chi connectivity index (χ0v) is 24.9. The summed E-state index contributed by atoms with van der Waals surface area (Å²) in [7, 11) is 1.23. The van der Waals surface area contributed by atoms with E-state index < -0.39 is 28.7 Å². The van der Waals surface area contributed by atoms with Crippen LogP contribution in [0.4, 0.5) is 26.3 Å². The van der Waals surface area contributed by atoms with Crippen LogP contribution in [0.1, 0.15) is 39.1 Å². The minimum atomic E-state index is -4.82. The molecule has 0 aliphatic carbocycles. The van der Waals surface area contributed by atoms with E-state index >= 15 is 0 Å². The third-order valence-corrected chi connectivity index (χ3v) is 5.97. The number of alkyl halides is 6. The zero-order valence-electron chi connectivity index (χ0n) is 22.6. The summed E-state index contributed by atoms with van der Waals surface area (Å²) in [4.78, 5) is 0. The zero-order chi connectivity index (χ0) is 31.7. The molecule has 13 heteroatoms. The molecule has 1 rings (SSSR count). The van der Waals surface area contributed by atoms with Crippen molar-refractivity contribution in [1.82, 2.24) is 9.78 Å². The Labute approximate surface area is 249 Å². The number of hydrogen-bond acceptors (Lipinski definition) is 3. The van der Waals surface area contributed by atoms with Gasteiger partial charge >= 0.3 is 12.4 Å². The van der Waals surface area contributed by atoms with Crippen LogP contribution >= 0.6 is 34.8 Å². The molecule has 0 atom stereocenters. The highest BCUT2D eigenvalue weighted by atomic mass is 35.5. The average molecular weight is 644 g/mol. The Morgan fingerprint density at radius 2 is 1.73 bits per heavy atom. The summed E-state index contributed by atoms with van der Waals surface area (Å²) >= 11 is 18.0. The van der Waals surface area contributed by atoms with E-state index in [1.165, 1.54) is 33.0 Å². The van der Waals surface area contributed by atoms with Crippen LogP contribution in [-0.2, 0) is 18.0 Å². The van der Waals surface area contributed by atoms with Gasteiger partial charge in [0, 0.05) is 40.2 Å². The number of aliphatic hydroxyl groups is 1. The van der Waals surface area contributed by atoms with E-state index in [1.54, 1.807) is 19.9 Å². The number of nitrogens with zero attached hydrogens (tertiary/aromatic N) is 2. The predicted molar refractivity (Wildman–Crippen MR) is 151 cm³/mol. The quantitative estimate of drug-likeness (QED) is 0.119. The van der Waals surface area contributed by atoms with Crippen LogP contribution in [0, 0.1) is 0 Å². The van der Waals surface area contributed by atoms with Gasteiger partial charge in [-0.15, -0.1) is 0 Å². The number of rotatable bonds is 10. The molecule has 0 unspecified atom stereocenters. The highest BCUT2D eigenvalue weighted by molar-refractivity contribution is 6.33. The minimum Gasteiger partial charge on any atom is -0.515 e. The number of halogens is 9. The number of aryl methyl sites for hydroxylation is 1. The molecule has 224 valence electrons. The second-order valence-electron chi connectivity index (χ2n) is 8.33. The van der Waals surface area contributed by atoms with Gasteiger partial charge in [-0.1, -0.05) is 53.2 Å². The molecule has 1 aromatic heterocycles. The molecule has 0 amide bonds. The lowest BCUT2D eigenvalue weighted by atomic mass is 9.97. The molecule has 0 aliphatic rings. The monoisotopic (exact) mass is 642 g/mol. The number of hydrogen-bond donors (Lipinski definition) is 1. The Kier molecular flexibility index (Phi) is 13.4. The number of aromatic nitrogens is 2. The van der Waals surface area contributed by atoms with Crippen molar-refractivity contribution in [3.05, 3.63) is 110 Å². The normalized spacial score (nSPS) is 14.9. The molecule has 0 spiro atoms. The summed E-state index contributed by atoms with van der Waals surface area (Å²) in [6.07, 6.45) is -2.71. The summed E-state index contributed by atoms with van der Waals surface area (Å²) in [5, 5.41) is 12.8. The van der Waals surface area contributed by atoms with Crippen LogP contribution in [0.15, 0.2) is 98.2 Å². The lowest BCUT2D eigenvalue weighted by molar-refractivity contribution is -0.141. The highest BCUT2D eigenvalue weighted by Crippen LogP contribution is 2.36. The second kappa shape index (κ2) is 15.3. The fraction of sp³-hybridized carbons (Fsp3) is 0.286. The van der Waals surface area contributed by atoms with E-state index in [9.17, 15) is 31.4 Å². The molecule has 0 saturated heterocycles. The van der Waals surface area contributed by atoms with Gasteiger partial charge in [0.25, 0.3) is 0 Å². The van der Waals surface area contributed by atoms with Crippen LogP contribution < -0.4 is 0 Å². The van der Waals surface area contributed by atoms with E-state index in [0.717, 1.165) is 16.8 Å². The predicted octanol–water partition coefficient (Wildman–Crippen LogP) is 10.2. The van der Waals surface area contributed by atoms with Crippen molar-refractivity contribution in [3.63, 3.8) is 0 Å². The lowest BCUT2D eigenvalue weighted by Crippen LogP contribution is -2.12. The van der Waals surface area contributed by atoms with Crippen LogP contribution in [0.3, 0.4) is 0 Å². The van der Waals surface area contributed by atoms with Crippen LogP contribution in [-0.4, -0.2) is 27.7 Å². The first kappa shape index (κ1) is 36.0. The summed E-state index contributed by atoms with van der Waals surface area (Å²) < 4.78 is 86.8. The fourth-order valence-corrected chi connectivity index (χ4v) is 3.72. The molecule has 0 radical (unpaired) electrons. The molecule has 0 saturated carbocycles. The molecule has 0 bridgehead atoms. The molecule has 0 aliphatic heterocycles. The first-order chi connectivity index (χ1) is 18.8. The van der Waals surface area contributed by atoms with Crippen molar-refractivity contribution < 1.29 is 36.2 Å². The number of aliphatic hydroxyl groups excluding tert-OH is 1. The largest absolute Gasteiger partial charge is 0.515 e. The molecule has 0 fully saturated rings. The van der Waals surface area contributed by atoms with Gasteiger partial charge in [0.15, 0.2) is 5.69 Å². The maximum Gasteiger partial charge on any atom is 0.435 e. The van der Waals surface area contributed by atoms with Gasteiger partial charge in [0.1, 0.15) is 12.4 Å². The Balaban J connectivity index is 3.81. The molecule has 1 aromatic rings. The van der Waals surface area contributed by atoms with Crippen molar-refractivity contribution in [1.29, 1.82) is 0 Å². The van der Waals surface area contributed by atoms with Gasteiger partial charge < -0.3 is 9.84 Å². The first-order valence-electron chi connectivity index (χ1n) is 11.6. The van der Waals surface area contributed by atoms with E-state index in [-0.39, 0.29) is 45.4 Å². The lowest BCUT2D eigenvalue weighted by Gasteiger charge is -2.16. The van der Waals surface area contributed by atoms with Crippen LogP contribution in [0.5, 0.6) is 0 Å². The Morgan fingerprint density at radius 1 is 1.12 bits per heavy atom. The van der Waals surface area contributed by atoms with E-state index in [4.69, 9.17) is 39.5 Å². The van der Waals surface area contributed by atoms with Crippen molar-refractivity contribution >= 4 is 40.4 Å². The van der Waals surface area contributed by atoms with E-state index in [0.29, 0.717) is 17.4 Å². The van der Waals surface area contributed by atoms with Gasteiger partial charge in [-0.3, -0.25) is 4.68 Å². The maximum atomic E-state index is 13.6. The van der Waals surface area contributed by atoms with Crippen LogP contribution in [0.25, 0.3) is 5.57 Å². The van der Waals surface area contributed by atoms with Crippen molar-refractivity contribution in [2.45, 2.75) is 40.0 Å². The van der Waals surface area contributed by atoms with Gasteiger partial charge in [-0.25, -0.2) is 0 Å². The van der Waals surface area contributed by atoms with Gasteiger partial charge in [0.05, 0.1) is 17.5 Å². The Bertz CT molecular complexity index is 1390. The van der Waals surface area contributed by atoms with Crippen molar-refractivity contribution in [2.24, 2.45) is 7.05 Å². The topological polar surface area (TPSA) is 47.3 Å². The van der Waals surface area contributed by atoms with Gasteiger partial charge in [-0.2, -0.15) is 31.4 Å². The standard InChI is InChI=1S/C28H27Cl3F6N2O2/c1-7-20(11-23(19(5)30)27(32,33)34)18(4)22(15-41-17(3)10-8-9-16(2)29)24(31)12-21(14-40)25-13-26(28(35,36)37)38-39(25)6/h7-9,11-14,40H,5,15H2,1-4,6H3/b16-9+,20-7+,21-14-,22-18-,23-11+,24-12+. The second-order valence-corrected chi connectivity index (χ2v) is 9.79. The Morgan fingerprint density at radius 3 is 2.17 bits per heavy atom. The SMILES string of the molecule is C=C(Cl)\C(=C/C(=C\C)C(/C)=C(COC(C)=C=C/C=C(\C)Cl)\C(Cl)=C/C(=C/O)c1cc(C(F)(F)F)nn1C)C(F)(F)F. The molecule has 1 N–H and O–H groups in total. The van der Waals surface area contributed by atoms with E-state index in [1.807, 2.05) is 0 Å². The fourth-order valence-electron chi connectivity index (χ4n) is 3.18. The van der Waals surface area contributed by atoms with Crippen LogP contribution in [0.2, 0.25) is 0 Å². The highest BCUT2D eigenvalue weighted by Gasteiger charge is 2.36. The minimum absolute atomic E-state index is 0.0524. The molecular weight excluding hydrogens is 617 g/mol. The van der Waals surface area contributed by atoms with Crippen molar-refractivity contribution in [2.75, 3.05) is 6.61 Å². The van der Waals surface area contributed by atoms with Gasteiger partial charge in [0.2, 0.25) is 0 Å². The molecule has 1 heterocycles. The molecule has 0 aromatic carbocycles. The summed E-state index contributed by atoms with van der Waals surface area (Å²) in [5.41, 5.74) is 0.511. The summed E-state index contributed by atoms with van der Waals surface area (Å²) in [5.74, 6) is 0.260. The number of allylic oxidation sites excluding steroid dienone is 11.